The van der Waals surface area contributed by atoms with Crippen LogP contribution in [0.25, 0.3) is 0 Å². The van der Waals surface area contributed by atoms with Gasteiger partial charge < -0.3 is 15.7 Å². The number of aliphatic carboxylic acids is 1. The first kappa shape index (κ1) is 14.9. The van der Waals surface area contributed by atoms with Crippen molar-refractivity contribution < 1.29 is 14.7 Å². The van der Waals surface area contributed by atoms with Crippen LogP contribution in [0, 0.1) is 0 Å². The van der Waals surface area contributed by atoms with Crippen molar-refractivity contribution in [3.63, 3.8) is 0 Å². The molecule has 8 heteroatoms. The van der Waals surface area contributed by atoms with Gasteiger partial charge in [-0.25, -0.2) is 9.78 Å². The number of hydrogen-bond acceptors (Lipinski definition) is 4. The zero-order valence-electron chi connectivity index (χ0n) is 11.1. The number of carbonyl (C=O) groups excluding carboxylic acids is 1. The van der Waals surface area contributed by atoms with Crippen LogP contribution in [-0.2, 0) is 18.4 Å². The second kappa shape index (κ2) is 7.34. The number of carboxylic acid groups (broad SMARTS) is 1. The van der Waals surface area contributed by atoms with Gasteiger partial charge in [-0.3, -0.25) is 9.48 Å². The van der Waals surface area contributed by atoms with E-state index in [1.807, 2.05) is 6.92 Å². The molecule has 0 bridgehead atoms. The van der Waals surface area contributed by atoms with Crippen molar-refractivity contribution in [3.8, 4) is 0 Å². The van der Waals surface area contributed by atoms with E-state index in [4.69, 9.17) is 5.11 Å². The Morgan fingerprint density at radius 2 is 2.26 bits per heavy atom. The van der Waals surface area contributed by atoms with Gasteiger partial charge in [0.2, 0.25) is 0 Å². The number of rotatable bonds is 7. The highest BCUT2D eigenvalue weighted by molar-refractivity contribution is 5.74. The van der Waals surface area contributed by atoms with Gasteiger partial charge >= 0.3 is 12.0 Å². The predicted molar refractivity (Wildman–Crippen MR) is 67.3 cm³/mol. The summed E-state index contributed by atoms with van der Waals surface area (Å²) in [5, 5.41) is 17.9. The predicted octanol–water partition coefficient (Wildman–Crippen LogP) is 0.258. The zero-order valence-corrected chi connectivity index (χ0v) is 11.1. The van der Waals surface area contributed by atoms with E-state index in [-0.39, 0.29) is 25.0 Å². The molecular formula is C11H19N5O3. The van der Waals surface area contributed by atoms with Crippen molar-refractivity contribution in [3.05, 3.63) is 12.2 Å². The second-order valence-electron chi connectivity index (χ2n) is 4.35. The van der Waals surface area contributed by atoms with Gasteiger partial charge in [-0.1, -0.05) is 0 Å². The van der Waals surface area contributed by atoms with Gasteiger partial charge in [0.25, 0.3) is 0 Å². The third-order valence-corrected chi connectivity index (χ3v) is 2.46. The van der Waals surface area contributed by atoms with Crippen LogP contribution >= 0.6 is 0 Å². The molecule has 0 spiro atoms. The number of aryl methyl sites for hydroxylation is 1. The van der Waals surface area contributed by atoms with Gasteiger partial charge in [0.05, 0.1) is 6.54 Å². The number of aromatic nitrogens is 3. The fourth-order valence-electron chi connectivity index (χ4n) is 1.53. The molecule has 1 atom stereocenters. The minimum absolute atomic E-state index is 0.0731. The smallest absolute Gasteiger partial charge is 0.315 e. The van der Waals surface area contributed by atoms with Crippen LogP contribution in [0.4, 0.5) is 4.79 Å². The van der Waals surface area contributed by atoms with E-state index in [0.29, 0.717) is 18.7 Å². The molecule has 1 aromatic heterocycles. The lowest BCUT2D eigenvalue weighted by molar-refractivity contribution is -0.137. The lowest BCUT2D eigenvalue weighted by Gasteiger charge is -2.13. The van der Waals surface area contributed by atoms with Crippen LogP contribution < -0.4 is 10.6 Å². The van der Waals surface area contributed by atoms with Crippen molar-refractivity contribution >= 4 is 12.0 Å². The van der Waals surface area contributed by atoms with Crippen molar-refractivity contribution in [1.82, 2.24) is 25.4 Å². The molecule has 0 aliphatic rings. The van der Waals surface area contributed by atoms with Gasteiger partial charge in [-0.2, -0.15) is 5.10 Å². The fourth-order valence-corrected chi connectivity index (χ4v) is 1.53. The number of amides is 2. The average molecular weight is 269 g/mol. The van der Waals surface area contributed by atoms with Crippen LogP contribution in [0.1, 0.15) is 32.0 Å². The van der Waals surface area contributed by atoms with Crippen molar-refractivity contribution in [1.29, 1.82) is 0 Å². The summed E-state index contributed by atoms with van der Waals surface area (Å²) in [6.07, 6.45) is 2.84. The van der Waals surface area contributed by atoms with Gasteiger partial charge in [0.15, 0.2) is 5.82 Å². The molecule has 1 rings (SSSR count). The molecule has 3 N–H and O–H groups in total. The summed E-state index contributed by atoms with van der Waals surface area (Å²) in [7, 11) is 1.75. The molecule has 2 amide bonds. The minimum Gasteiger partial charge on any atom is -0.481 e. The largest absolute Gasteiger partial charge is 0.481 e. The van der Waals surface area contributed by atoms with E-state index < -0.39 is 5.97 Å². The Bertz CT molecular complexity index is 432. The van der Waals surface area contributed by atoms with E-state index in [1.165, 1.54) is 0 Å². The monoisotopic (exact) mass is 269 g/mol. The second-order valence-corrected chi connectivity index (χ2v) is 4.35. The summed E-state index contributed by atoms with van der Waals surface area (Å²) < 4.78 is 1.56. The highest BCUT2D eigenvalue weighted by atomic mass is 16.4. The number of nitrogens with zero attached hydrogens (tertiary/aromatic N) is 3. The maximum Gasteiger partial charge on any atom is 0.315 e. The summed E-state index contributed by atoms with van der Waals surface area (Å²) in [5.74, 6) is -0.283. The Kier molecular flexibility index (Phi) is 5.77. The highest BCUT2D eigenvalue weighted by Gasteiger charge is 2.08. The summed E-state index contributed by atoms with van der Waals surface area (Å²) in [4.78, 5) is 25.9. The van der Waals surface area contributed by atoms with Crippen LogP contribution in [0.5, 0.6) is 0 Å². The molecule has 8 nitrogen and oxygen atoms in total. The molecule has 106 valence electrons. The number of carboxylic acids is 1. The molecule has 0 fully saturated rings. The Hall–Kier alpha value is -2.12. The number of urea groups is 1. The first-order chi connectivity index (χ1) is 8.97. The summed E-state index contributed by atoms with van der Waals surface area (Å²) >= 11 is 0. The third-order valence-electron chi connectivity index (χ3n) is 2.46. The van der Waals surface area contributed by atoms with Crippen LogP contribution in [0.15, 0.2) is 6.33 Å². The Balaban J connectivity index is 2.17. The molecule has 0 saturated carbocycles. The van der Waals surface area contributed by atoms with Crippen LogP contribution in [-0.4, -0.2) is 37.9 Å². The van der Waals surface area contributed by atoms with Crippen molar-refractivity contribution in [2.75, 3.05) is 0 Å². The maximum absolute atomic E-state index is 11.5. The van der Waals surface area contributed by atoms with Crippen molar-refractivity contribution in [2.45, 2.75) is 38.8 Å². The van der Waals surface area contributed by atoms with Crippen molar-refractivity contribution in [2.24, 2.45) is 7.05 Å². The van der Waals surface area contributed by atoms with Crippen LogP contribution in [0.2, 0.25) is 0 Å². The van der Waals surface area contributed by atoms with E-state index >= 15 is 0 Å². The zero-order chi connectivity index (χ0) is 14.3. The normalized spacial score (nSPS) is 11.9. The molecule has 0 radical (unpaired) electrons. The first-order valence-electron chi connectivity index (χ1n) is 6.08. The molecular weight excluding hydrogens is 250 g/mol. The van der Waals surface area contributed by atoms with E-state index in [9.17, 15) is 9.59 Å². The summed E-state index contributed by atoms with van der Waals surface area (Å²) in [6, 6.07) is -0.383. The Morgan fingerprint density at radius 1 is 1.53 bits per heavy atom. The summed E-state index contributed by atoms with van der Waals surface area (Å²) in [6.45, 7) is 2.09. The lowest BCUT2D eigenvalue weighted by atomic mass is 10.1. The molecule has 1 unspecified atom stereocenters. The fraction of sp³-hybridized carbons (Fsp3) is 0.636. The Labute approximate surface area is 111 Å². The number of hydrogen-bond donors (Lipinski definition) is 3. The lowest BCUT2D eigenvalue weighted by Crippen LogP contribution is -2.40. The van der Waals surface area contributed by atoms with E-state index in [2.05, 4.69) is 20.7 Å². The third kappa shape index (κ3) is 6.39. The molecule has 0 saturated heterocycles. The van der Waals surface area contributed by atoms with Crippen LogP contribution in [0.3, 0.4) is 0 Å². The molecule has 1 heterocycles. The average Bonchev–Trinajstić information content (AvgIpc) is 2.72. The maximum atomic E-state index is 11.5. The molecule has 0 aromatic carbocycles. The summed E-state index contributed by atoms with van der Waals surface area (Å²) in [5.41, 5.74) is 0. The SMILES string of the molecule is CC(CCCC(=O)O)NC(=O)NCc1ncn(C)n1. The first-order valence-corrected chi connectivity index (χ1v) is 6.08. The number of nitrogens with one attached hydrogen (secondary N) is 2. The molecule has 19 heavy (non-hydrogen) atoms. The van der Waals surface area contributed by atoms with Gasteiger partial charge in [-0.05, 0) is 19.8 Å². The highest BCUT2D eigenvalue weighted by Crippen LogP contribution is 2.00. The van der Waals surface area contributed by atoms with Gasteiger partial charge in [0, 0.05) is 19.5 Å². The number of carbonyl (C=O) groups is 2. The Morgan fingerprint density at radius 3 is 2.84 bits per heavy atom. The topological polar surface area (TPSA) is 109 Å². The van der Waals surface area contributed by atoms with E-state index in [1.54, 1.807) is 18.1 Å². The molecule has 0 aliphatic carbocycles. The molecule has 1 aromatic rings. The standard InChI is InChI=1S/C11H19N5O3/c1-8(4-3-5-10(17)18)14-11(19)12-6-9-13-7-16(2)15-9/h7-8H,3-6H2,1-2H3,(H,17,18)(H2,12,14,19). The molecule has 0 aliphatic heterocycles. The minimum atomic E-state index is -0.821. The van der Waals surface area contributed by atoms with Gasteiger partial charge in [0.1, 0.15) is 6.33 Å². The quantitative estimate of drug-likeness (QED) is 0.657. The van der Waals surface area contributed by atoms with Gasteiger partial charge in [-0.15, -0.1) is 0 Å². The van der Waals surface area contributed by atoms with E-state index in [0.717, 1.165) is 0 Å².